The van der Waals surface area contributed by atoms with E-state index >= 15 is 0 Å². The minimum atomic E-state index is -4.20. The molecule has 0 saturated carbocycles. The highest BCUT2D eigenvalue weighted by Gasteiger charge is 2.28. The van der Waals surface area contributed by atoms with Gasteiger partial charge >= 0.3 is 6.18 Å². The van der Waals surface area contributed by atoms with Crippen LogP contribution in [0.15, 0.2) is 21.1 Å². The third-order valence-electron chi connectivity index (χ3n) is 2.26. The zero-order valence-electron chi connectivity index (χ0n) is 8.69. The number of hydrogen-bond acceptors (Lipinski definition) is 2. The summed E-state index contributed by atoms with van der Waals surface area (Å²) in [5.41, 5.74) is 12.4. The summed E-state index contributed by atoms with van der Waals surface area (Å²) in [5, 5.41) is 0. The van der Waals surface area contributed by atoms with Crippen molar-refractivity contribution < 1.29 is 13.2 Å². The highest BCUT2D eigenvalue weighted by Crippen LogP contribution is 2.34. The van der Waals surface area contributed by atoms with Crippen LogP contribution in [0, 0.1) is 0 Å². The summed E-state index contributed by atoms with van der Waals surface area (Å²) in [4.78, 5) is 0. The highest BCUT2D eigenvalue weighted by atomic mass is 79.9. The van der Waals surface area contributed by atoms with Crippen molar-refractivity contribution in [2.24, 2.45) is 5.73 Å². The summed E-state index contributed by atoms with van der Waals surface area (Å²) in [6, 6.07) is 2.63. The molecule has 0 unspecified atom stereocenters. The molecule has 0 aliphatic carbocycles. The van der Waals surface area contributed by atoms with Crippen LogP contribution in [0.1, 0.15) is 24.4 Å². The second-order valence-electron chi connectivity index (χ2n) is 3.65. The van der Waals surface area contributed by atoms with Gasteiger partial charge in [0, 0.05) is 21.4 Å². The van der Waals surface area contributed by atoms with Crippen LogP contribution < -0.4 is 11.5 Å². The Morgan fingerprint density at radius 3 is 2.35 bits per heavy atom. The fourth-order valence-corrected chi connectivity index (χ4v) is 2.64. The molecule has 0 amide bonds. The number of rotatable bonds is 3. The average Bonchev–Trinajstić information content (AvgIpc) is 2.19. The van der Waals surface area contributed by atoms with Gasteiger partial charge in [-0.1, -0.05) is 15.9 Å². The van der Waals surface area contributed by atoms with Crippen LogP contribution in [-0.2, 0) is 0 Å². The molecule has 0 aliphatic heterocycles. The minimum Gasteiger partial charge on any atom is -0.398 e. The Balaban J connectivity index is 2.85. The summed E-state index contributed by atoms with van der Waals surface area (Å²) in [5.74, 6) is 0. The molecule has 4 N–H and O–H groups in total. The van der Waals surface area contributed by atoms with Crippen molar-refractivity contribution in [1.82, 2.24) is 0 Å². The fourth-order valence-electron chi connectivity index (χ4n) is 1.39. The predicted molar refractivity (Wildman–Crippen MR) is 68.5 cm³/mol. The van der Waals surface area contributed by atoms with E-state index in [2.05, 4.69) is 31.9 Å². The number of alkyl halides is 3. The van der Waals surface area contributed by atoms with E-state index in [0.717, 1.165) is 4.47 Å². The van der Waals surface area contributed by atoms with Gasteiger partial charge in [-0.15, -0.1) is 0 Å². The van der Waals surface area contributed by atoms with E-state index in [1.54, 1.807) is 12.1 Å². The van der Waals surface area contributed by atoms with Gasteiger partial charge in [0.15, 0.2) is 0 Å². The molecule has 0 aliphatic rings. The first kappa shape index (κ1) is 14.8. The molecule has 1 rings (SSSR count). The molecule has 1 atom stereocenters. The second kappa shape index (κ2) is 5.58. The lowest BCUT2D eigenvalue weighted by molar-refractivity contribution is -0.136. The molecule has 0 heterocycles. The summed E-state index contributed by atoms with van der Waals surface area (Å²) < 4.78 is 37.6. The molecule has 2 nitrogen and oxygen atoms in total. The summed E-state index contributed by atoms with van der Waals surface area (Å²) in [6.07, 6.45) is -5.30. The molecule has 0 fully saturated rings. The van der Waals surface area contributed by atoms with Gasteiger partial charge in [-0.25, -0.2) is 0 Å². The first-order valence-electron chi connectivity index (χ1n) is 4.77. The summed E-state index contributed by atoms with van der Waals surface area (Å²) in [6.45, 7) is 0. The van der Waals surface area contributed by atoms with Crippen molar-refractivity contribution in [2.75, 3.05) is 5.73 Å². The second-order valence-corrected chi connectivity index (χ2v) is 5.42. The molecular formula is C10H11Br2F3N2. The molecule has 0 spiro atoms. The Morgan fingerprint density at radius 2 is 1.82 bits per heavy atom. The maximum Gasteiger partial charge on any atom is 0.389 e. The topological polar surface area (TPSA) is 52.0 Å². The van der Waals surface area contributed by atoms with Gasteiger partial charge in [0.1, 0.15) is 0 Å². The lowest BCUT2D eigenvalue weighted by Gasteiger charge is -2.17. The van der Waals surface area contributed by atoms with Crippen LogP contribution >= 0.6 is 31.9 Å². The molecule has 7 heteroatoms. The maximum atomic E-state index is 12.1. The van der Waals surface area contributed by atoms with Gasteiger partial charge in [-0.3, -0.25) is 0 Å². The Morgan fingerprint density at radius 1 is 1.24 bits per heavy atom. The van der Waals surface area contributed by atoms with E-state index in [9.17, 15) is 13.2 Å². The first-order chi connectivity index (χ1) is 7.70. The van der Waals surface area contributed by atoms with Crippen LogP contribution in [-0.4, -0.2) is 6.18 Å². The third-order valence-corrected chi connectivity index (χ3v) is 3.38. The molecule has 1 aromatic carbocycles. The Hall–Kier alpha value is -0.270. The van der Waals surface area contributed by atoms with Crippen LogP contribution in [0.5, 0.6) is 0 Å². The highest BCUT2D eigenvalue weighted by molar-refractivity contribution is 9.11. The van der Waals surface area contributed by atoms with E-state index in [1.165, 1.54) is 0 Å². The summed E-state index contributed by atoms with van der Waals surface area (Å²) >= 11 is 6.47. The number of nitrogen functional groups attached to an aromatic ring is 1. The Labute approximate surface area is 114 Å². The standard InChI is InChI=1S/C10H11Br2F3N2/c11-5-3-6(9(17)7(12)4-5)8(16)1-2-10(13,14)15/h3-4,8H,1-2,16-17H2/t8-/m1/s1. The van der Waals surface area contributed by atoms with E-state index < -0.39 is 18.6 Å². The molecule has 96 valence electrons. The van der Waals surface area contributed by atoms with Gasteiger partial charge in [-0.2, -0.15) is 13.2 Å². The van der Waals surface area contributed by atoms with Gasteiger partial charge < -0.3 is 11.5 Å². The van der Waals surface area contributed by atoms with E-state index in [4.69, 9.17) is 11.5 Å². The third kappa shape index (κ3) is 4.48. The lowest BCUT2D eigenvalue weighted by atomic mass is 10.0. The van der Waals surface area contributed by atoms with Crippen LogP contribution in [0.25, 0.3) is 0 Å². The van der Waals surface area contributed by atoms with E-state index in [1.807, 2.05) is 0 Å². The number of hydrogen-bond donors (Lipinski definition) is 2. The molecule has 17 heavy (non-hydrogen) atoms. The lowest BCUT2D eigenvalue weighted by Crippen LogP contribution is -2.17. The predicted octanol–water partition coefficient (Wildman–Crippen LogP) is 4.14. The van der Waals surface area contributed by atoms with Crippen LogP contribution in [0.3, 0.4) is 0 Å². The van der Waals surface area contributed by atoms with E-state index in [0.29, 0.717) is 15.7 Å². The first-order valence-corrected chi connectivity index (χ1v) is 6.36. The molecule has 0 saturated heterocycles. The van der Waals surface area contributed by atoms with Gasteiger partial charge in [-0.05, 0) is 40.0 Å². The zero-order valence-corrected chi connectivity index (χ0v) is 11.9. The van der Waals surface area contributed by atoms with E-state index in [-0.39, 0.29) is 6.42 Å². The number of nitrogens with two attached hydrogens (primary N) is 2. The molecule has 0 aromatic heterocycles. The summed E-state index contributed by atoms with van der Waals surface area (Å²) in [7, 11) is 0. The van der Waals surface area contributed by atoms with Crippen molar-refractivity contribution in [1.29, 1.82) is 0 Å². The van der Waals surface area contributed by atoms with Crippen molar-refractivity contribution in [3.05, 3.63) is 26.6 Å². The maximum absolute atomic E-state index is 12.1. The van der Waals surface area contributed by atoms with Crippen molar-refractivity contribution in [3.8, 4) is 0 Å². The fraction of sp³-hybridized carbons (Fsp3) is 0.400. The Kier molecular flexibility index (Phi) is 4.86. The van der Waals surface area contributed by atoms with Crippen LogP contribution in [0.4, 0.5) is 18.9 Å². The van der Waals surface area contributed by atoms with Gasteiger partial charge in [0.2, 0.25) is 0 Å². The van der Waals surface area contributed by atoms with Gasteiger partial charge in [0.05, 0.1) is 5.69 Å². The SMILES string of the molecule is Nc1c(Br)cc(Br)cc1[C@H](N)CCC(F)(F)F. The average molecular weight is 376 g/mol. The molecule has 0 bridgehead atoms. The zero-order chi connectivity index (χ0) is 13.2. The smallest absolute Gasteiger partial charge is 0.389 e. The van der Waals surface area contributed by atoms with Crippen molar-refractivity contribution in [2.45, 2.75) is 25.1 Å². The quantitative estimate of drug-likeness (QED) is 0.780. The monoisotopic (exact) mass is 374 g/mol. The Bertz CT molecular complexity index is 407. The number of halogens is 5. The molecular weight excluding hydrogens is 365 g/mol. The normalized spacial score (nSPS) is 13.8. The van der Waals surface area contributed by atoms with Gasteiger partial charge in [0.25, 0.3) is 0 Å². The van der Waals surface area contributed by atoms with Crippen molar-refractivity contribution >= 4 is 37.5 Å². The largest absolute Gasteiger partial charge is 0.398 e. The van der Waals surface area contributed by atoms with Crippen LogP contribution in [0.2, 0.25) is 0 Å². The minimum absolute atomic E-state index is 0.184. The van der Waals surface area contributed by atoms with Crippen molar-refractivity contribution in [3.63, 3.8) is 0 Å². The molecule has 0 radical (unpaired) electrons. The number of anilines is 1. The number of benzene rings is 1. The molecule has 1 aromatic rings.